The Labute approximate surface area is 157 Å². The van der Waals surface area contributed by atoms with E-state index in [-0.39, 0.29) is 17.3 Å². The average Bonchev–Trinajstić information content (AvgIpc) is 3.11. The van der Waals surface area contributed by atoms with Gasteiger partial charge < -0.3 is 4.57 Å². The van der Waals surface area contributed by atoms with E-state index in [9.17, 15) is 14.9 Å². The Morgan fingerprint density at radius 1 is 1.28 bits per heavy atom. The maximum atomic E-state index is 12.3. The molecule has 1 aromatic heterocycles. The van der Waals surface area contributed by atoms with Gasteiger partial charge in [0.2, 0.25) is 5.91 Å². The topological polar surface area (TPSA) is 81.3 Å². The van der Waals surface area contributed by atoms with E-state index in [4.69, 9.17) is 0 Å². The minimum atomic E-state index is -0.479. The zero-order chi connectivity index (χ0) is 18.0. The highest BCUT2D eigenvalue weighted by Crippen LogP contribution is 2.35. The summed E-state index contributed by atoms with van der Waals surface area (Å²) in [5.41, 5.74) is 1.47. The van der Waals surface area contributed by atoms with Crippen LogP contribution in [0.2, 0.25) is 0 Å². The summed E-state index contributed by atoms with van der Waals surface area (Å²) in [7, 11) is 0. The molecule has 0 saturated heterocycles. The summed E-state index contributed by atoms with van der Waals surface area (Å²) < 4.78 is 2.52. The van der Waals surface area contributed by atoms with Gasteiger partial charge in [-0.2, -0.15) is 0 Å². The van der Waals surface area contributed by atoms with Gasteiger partial charge in [0.05, 0.1) is 16.9 Å². The standard InChI is InChI=1S/C17H13IN4O3/c1-12(23)21(16-6-5-13(18)9-17(16)22(24)25)15-4-2-3-14(10-15)20-8-7-19-11-20/h2-11H,1H3. The van der Waals surface area contributed by atoms with E-state index in [1.807, 2.05) is 28.7 Å². The summed E-state index contributed by atoms with van der Waals surface area (Å²) in [6, 6.07) is 12.0. The molecule has 0 fully saturated rings. The minimum Gasteiger partial charge on any atom is -0.306 e. The van der Waals surface area contributed by atoms with Crippen LogP contribution in [0.3, 0.4) is 0 Å². The van der Waals surface area contributed by atoms with Gasteiger partial charge in [-0.3, -0.25) is 19.8 Å². The van der Waals surface area contributed by atoms with Crippen LogP contribution in [0.4, 0.5) is 17.1 Å². The Kier molecular flexibility index (Phi) is 4.79. The number of hydrogen-bond donors (Lipinski definition) is 0. The second kappa shape index (κ2) is 7.01. The Hall–Kier alpha value is -2.75. The number of carbonyl (C=O) groups excluding carboxylic acids is 1. The summed E-state index contributed by atoms with van der Waals surface area (Å²) in [5.74, 6) is -0.313. The van der Waals surface area contributed by atoms with Crippen molar-refractivity contribution in [1.82, 2.24) is 9.55 Å². The van der Waals surface area contributed by atoms with Crippen LogP contribution in [0, 0.1) is 13.7 Å². The summed E-state index contributed by atoms with van der Waals surface area (Å²) in [4.78, 5) is 28.6. The molecule has 1 amide bonds. The van der Waals surface area contributed by atoms with E-state index in [1.54, 1.807) is 53.6 Å². The third-order valence-corrected chi connectivity index (χ3v) is 4.25. The van der Waals surface area contributed by atoms with Gasteiger partial charge in [-0.15, -0.1) is 0 Å². The predicted molar refractivity (Wildman–Crippen MR) is 102 cm³/mol. The number of nitrogens with zero attached hydrogens (tertiary/aromatic N) is 4. The van der Waals surface area contributed by atoms with Crippen molar-refractivity contribution >= 4 is 45.6 Å². The normalized spacial score (nSPS) is 10.5. The largest absolute Gasteiger partial charge is 0.306 e. The van der Waals surface area contributed by atoms with Crippen molar-refractivity contribution in [1.29, 1.82) is 0 Å². The summed E-state index contributed by atoms with van der Waals surface area (Å²) >= 11 is 2.01. The molecule has 0 unspecified atom stereocenters. The van der Waals surface area contributed by atoms with Gasteiger partial charge >= 0.3 is 0 Å². The minimum absolute atomic E-state index is 0.116. The van der Waals surface area contributed by atoms with Gasteiger partial charge in [0, 0.05) is 34.6 Å². The quantitative estimate of drug-likeness (QED) is 0.343. The molecule has 0 bridgehead atoms. The number of carbonyl (C=O) groups is 1. The Morgan fingerprint density at radius 3 is 2.72 bits per heavy atom. The molecular formula is C17H13IN4O3. The predicted octanol–water partition coefficient (Wildman–Crippen LogP) is 4.07. The molecular weight excluding hydrogens is 435 g/mol. The van der Waals surface area contributed by atoms with Gasteiger partial charge in [-0.25, -0.2) is 4.98 Å². The number of rotatable bonds is 4. The van der Waals surface area contributed by atoms with Gasteiger partial charge in [0.25, 0.3) is 5.69 Å². The molecule has 0 spiro atoms. The SMILES string of the molecule is CC(=O)N(c1cccc(-n2ccnc2)c1)c1ccc(I)cc1[N+](=O)[O-]. The number of halogens is 1. The lowest BCUT2D eigenvalue weighted by Crippen LogP contribution is -2.23. The highest BCUT2D eigenvalue weighted by molar-refractivity contribution is 14.1. The number of aromatic nitrogens is 2. The van der Waals surface area contributed by atoms with Crippen LogP contribution in [-0.2, 0) is 4.79 Å². The maximum Gasteiger partial charge on any atom is 0.294 e. The molecule has 7 nitrogen and oxygen atoms in total. The van der Waals surface area contributed by atoms with Crippen molar-refractivity contribution in [2.75, 3.05) is 4.90 Å². The first-order valence-electron chi connectivity index (χ1n) is 7.30. The van der Waals surface area contributed by atoms with E-state index in [0.29, 0.717) is 5.69 Å². The van der Waals surface area contributed by atoms with Crippen molar-refractivity contribution < 1.29 is 9.72 Å². The molecule has 0 atom stereocenters. The molecule has 0 radical (unpaired) electrons. The zero-order valence-corrected chi connectivity index (χ0v) is 15.3. The molecule has 0 N–H and O–H groups in total. The Morgan fingerprint density at radius 2 is 2.08 bits per heavy atom. The number of anilines is 2. The molecule has 8 heteroatoms. The number of imidazole rings is 1. The highest BCUT2D eigenvalue weighted by atomic mass is 127. The molecule has 3 aromatic rings. The second-order valence-electron chi connectivity index (χ2n) is 5.23. The number of hydrogen-bond acceptors (Lipinski definition) is 4. The van der Waals surface area contributed by atoms with Crippen molar-refractivity contribution in [3.63, 3.8) is 0 Å². The van der Waals surface area contributed by atoms with Gasteiger partial charge in [0.1, 0.15) is 5.69 Å². The average molecular weight is 448 g/mol. The molecule has 0 aliphatic rings. The molecule has 25 heavy (non-hydrogen) atoms. The third kappa shape index (κ3) is 3.53. The molecule has 126 valence electrons. The second-order valence-corrected chi connectivity index (χ2v) is 6.48. The highest BCUT2D eigenvalue weighted by Gasteiger charge is 2.24. The first-order valence-corrected chi connectivity index (χ1v) is 8.38. The van der Waals surface area contributed by atoms with E-state index in [1.165, 1.54) is 17.9 Å². The van der Waals surface area contributed by atoms with E-state index >= 15 is 0 Å². The van der Waals surface area contributed by atoms with Crippen molar-refractivity contribution in [2.45, 2.75) is 6.92 Å². The molecule has 0 aliphatic heterocycles. The van der Waals surface area contributed by atoms with Crippen LogP contribution in [0.5, 0.6) is 0 Å². The van der Waals surface area contributed by atoms with Crippen molar-refractivity contribution in [3.8, 4) is 5.69 Å². The smallest absolute Gasteiger partial charge is 0.294 e. The maximum absolute atomic E-state index is 12.3. The van der Waals surface area contributed by atoms with Gasteiger partial charge in [-0.1, -0.05) is 6.07 Å². The first kappa shape index (κ1) is 17.1. The van der Waals surface area contributed by atoms with Crippen LogP contribution in [0.25, 0.3) is 5.69 Å². The monoisotopic (exact) mass is 448 g/mol. The summed E-state index contributed by atoms with van der Waals surface area (Å²) in [5, 5.41) is 11.4. The molecule has 0 aliphatic carbocycles. The van der Waals surface area contributed by atoms with Crippen LogP contribution >= 0.6 is 22.6 Å². The molecule has 2 aromatic carbocycles. The lowest BCUT2D eigenvalue weighted by molar-refractivity contribution is -0.384. The summed E-state index contributed by atoms with van der Waals surface area (Å²) in [6.45, 7) is 1.38. The fraction of sp³-hybridized carbons (Fsp3) is 0.0588. The van der Waals surface area contributed by atoms with E-state index in [0.717, 1.165) is 9.26 Å². The van der Waals surface area contributed by atoms with Crippen molar-refractivity contribution in [3.05, 3.63) is 74.9 Å². The lowest BCUT2D eigenvalue weighted by Gasteiger charge is -2.22. The number of nitro groups is 1. The van der Waals surface area contributed by atoms with Crippen LogP contribution in [-0.4, -0.2) is 20.4 Å². The molecule has 1 heterocycles. The van der Waals surface area contributed by atoms with Gasteiger partial charge in [-0.05, 0) is 52.9 Å². The number of nitro benzene ring substituents is 1. The molecule has 0 saturated carbocycles. The fourth-order valence-electron chi connectivity index (χ4n) is 2.53. The zero-order valence-electron chi connectivity index (χ0n) is 13.2. The Balaban J connectivity index is 2.14. The molecule has 3 rings (SSSR count). The number of amides is 1. The fourth-order valence-corrected chi connectivity index (χ4v) is 3.00. The number of benzene rings is 2. The van der Waals surface area contributed by atoms with Crippen LogP contribution < -0.4 is 4.90 Å². The van der Waals surface area contributed by atoms with E-state index < -0.39 is 4.92 Å². The van der Waals surface area contributed by atoms with Crippen molar-refractivity contribution in [2.24, 2.45) is 0 Å². The third-order valence-electron chi connectivity index (χ3n) is 3.58. The lowest BCUT2D eigenvalue weighted by atomic mass is 10.2. The van der Waals surface area contributed by atoms with E-state index in [2.05, 4.69) is 4.98 Å². The van der Waals surface area contributed by atoms with Gasteiger partial charge in [0.15, 0.2) is 0 Å². The summed E-state index contributed by atoms with van der Waals surface area (Å²) in [6.07, 6.45) is 5.08. The Bertz CT molecular complexity index is 941. The first-order chi connectivity index (χ1) is 12.0. The van der Waals surface area contributed by atoms with Crippen LogP contribution in [0.1, 0.15) is 6.92 Å². The van der Waals surface area contributed by atoms with Crippen LogP contribution in [0.15, 0.2) is 61.2 Å².